The number of hydrogen-bond donors (Lipinski definition) is 2. The number of amides is 1. The molecule has 4 nitrogen and oxygen atoms in total. The summed E-state index contributed by atoms with van der Waals surface area (Å²) in [6.07, 6.45) is 2.13. The average molecular weight is 313 g/mol. The van der Waals surface area contributed by atoms with Gasteiger partial charge in [0, 0.05) is 17.1 Å². The second-order valence-corrected chi connectivity index (χ2v) is 5.22. The van der Waals surface area contributed by atoms with Gasteiger partial charge >= 0.3 is 0 Å². The molecule has 2 N–H and O–H groups in total. The molecule has 18 heavy (non-hydrogen) atoms. The van der Waals surface area contributed by atoms with E-state index in [-0.39, 0.29) is 11.9 Å². The molecular weight excluding hydrogens is 296 g/mol. The molecule has 0 aliphatic carbocycles. The van der Waals surface area contributed by atoms with Crippen molar-refractivity contribution in [3.63, 3.8) is 0 Å². The van der Waals surface area contributed by atoms with Crippen LogP contribution in [0.3, 0.4) is 0 Å². The first-order chi connectivity index (χ1) is 8.70. The van der Waals surface area contributed by atoms with Gasteiger partial charge in [-0.15, -0.1) is 0 Å². The number of carbonyl (C=O) groups excluding carboxylic acids is 1. The predicted molar refractivity (Wildman–Crippen MR) is 74.1 cm³/mol. The third-order valence-corrected chi connectivity index (χ3v) is 3.74. The average Bonchev–Trinajstić information content (AvgIpc) is 2.40. The largest absolute Gasteiger partial charge is 0.497 e. The Morgan fingerprint density at radius 3 is 3.06 bits per heavy atom. The molecule has 1 aliphatic heterocycles. The maximum absolute atomic E-state index is 12.2. The summed E-state index contributed by atoms with van der Waals surface area (Å²) in [6, 6.07) is 5.61. The first-order valence-electron chi connectivity index (χ1n) is 6.06. The van der Waals surface area contributed by atoms with E-state index in [2.05, 4.69) is 26.6 Å². The molecule has 1 amide bonds. The molecule has 0 radical (unpaired) electrons. The fraction of sp³-hybridized carbons (Fsp3) is 0.462. The van der Waals surface area contributed by atoms with E-state index >= 15 is 0 Å². The Balaban J connectivity index is 2.07. The van der Waals surface area contributed by atoms with E-state index in [0.717, 1.165) is 30.4 Å². The highest BCUT2D eigenvalue weighted by Gasteiger charge is 2.18. The number of piperidine rings is 1. The van der Waals surface area contributed by atoms with Crippen LogP contribution in [0.4, 0.5) is 0 Å². The lowest BCUT2D eigenvalue weighted by Gasteiger charge is -2.24. The fourth-order valence-electron chi connectivity index (χ4n) is 2.04. The maximum atomic E-state index is 12.2. The molecule has 5 heteroatoms. The molecule has 1 atom stereocenters. The SMILES string of the molecule is COc1ccc(Br)c(C(=O)N[C@@H]2CCCNC2)c1. The predicted octanol–water partition coefficient (Wildman–Crippen LogP) is 1.94. The van der Waals surface area contributed by atoms with Crippen LogP contribution in [-0.4, -0.2) is 32.1 Å². The molecule has 0 unspecified atom stereocenters. The number of halogens is 1. The van der Waals surface area contributed by atoms with E-state index in [1.807, 2.05) is 12.1 Å². The summed E-state index contributed by atoms with van der Waals surface area (Å²) in [6.45, 7) is 1.88. The maximum Gasteiger partial charge on any atom is 0.252 e. The van der Waals surface area contributed by atoms with Crippen molar-refractivity contribution in [2.75, 3.05) is 20.2 Å². The van der Waals surface area contributed by atoms with Gasteiger partial charge in [-0.25, -0.2) is 0 Å². The summed E-state index contributed by atoms with van der Waals surface area (Å²) in [5.74, 6) is 0.625. The zero-order valence-electron chi connectivity index (χ0n) is 10.3. The van der Waals surface area contributed by atoms with Gasteiger partial charge in [-0.1, -0.05) is 0 Å². The van der Waals surface area contributed by atoms with Gasteiger partial charge in [-0.05, 0) is 53.5 Å². The lowest BCUT2D eigenvalue weighted by atomic mass is 10.1. The van der Waals surface area contributed by atoms with Gasteiger partial charge in [0.05, 0.1) is 12.7 Å². The van der Waals surface area contributed by atoms with Crippen LogP contribution in [0.1, 0.15) is 23.2 Å². The minimum Gasteiger partial charge on any atom is -0.497 e. The highest BCUT2D eigenvalue weighted by Crippen LogP contribution is 2.22. The van der Waals surface area contributed by atoms with Gasteiger partial charge in [-0.2, -0.15) is 0 Å². The molecule has 1 aliphatic rings. The van der Waals surface area contributed by atoms with Crippen LogP contribution in [0.2, 0.25) is 0 Å². The number of carbonyl (C=O) groups is 1. The zero-order valence-corrected chi connectivity index (χ0v) is 11.9. The number of rotatable bonds is 3. The van der Waals surface area contributed by atoms with E-state index in [1.54, 1.807) is 13.2 Å². The molecule has 98 valence electrons. The van der Waals surface area contributed by atoms with Crippen molar-refractivity contribution in [1.82, 2.24) is 10.6 Å². The minimum atomic E-state index is -0.0607. The first kappa shape index (κ1) is 13.4. The van der Waals surface area contributed by atoms with Crippen molar-refractivity contribution >= 4 is 21.8 Å². The highest BCUT2D eigenvalue weighted by atomic mass is 79.9. The molecule has 0 bridgehead atoms. The van der Waals surface area contributed by atoms with Crippen LogP contribution in [-0.2, 0) is 0 Å². The molecule has 0 spiro atoms. The van der Waals surface area contributed by atoms with Crippen molar-refractivity contribution < 1.29 is 9.53 Å². The number of nitrogens with one attached hydrogen (secondary N) is 2. The fourth-order valence-corrected chi connectivity index (χ4v) is 2.47. The Morgan fingerprint density at radius 1 is 1.56 bits per heavy atom. The van der Waals surface area contributed by atoms with E-state index in [9.17, 15) is 4.79 Å². The van der Waals surface area contributed by atoms with Crippen LogP contribution in [0.25, 0.3) is 0 Å². The Labute approximate surface area is 115 Å². The Hall–Kier alpha value is -1.07. The third kappa shape index (κ3) is 3.23. The van der Waals surface area contributed by atoms with Gasteiger partial charge in [-0.3, -0.25) is 4.79 Å². The number of hydrogen-bond acceptors (Lipinski definition) is 3. The van der Waals surface area contributed by atoms with Crippen LogP contribution in [0.15, 0.2) is 22.7 Å². The van der Waals surface area contributed by atoms with Crippen LogP contribution in [0, 0.1) is 0 Å². The summed E-state index contributed by atoms with van der Waals surface area (Å²) >= 11 is 3.39. The number of ether oxygens (including phenoxy) is 1. The molecule has 2 rings (SSSR count). The van der Waals surface area contributed by atoms with E-state index in [0.29, 0.717) is 11.3 Å². The summed E-state index contributed by atoms with van der Waals surface area (Å²) in [4.78, 5) is 12.2. The number of methoxy groups -OCH3 is 1. The molecular formula is C13H17BrN2O2. The lowest BCUT2D eigenvalue weighted by molar-refractivity contribution is 0.0929. The van der Waals surface area contributed by atoms with Crippen molar-refractivity contribution in [1.29, 1.82) is 0 Å². The molecule has 0 saturated carbocycles. The topological polar surface area (TPSA) is 50.4 Å². The quantitative estimate of drug-likeness (QED) is 0.897. The minimum absolute atomic E-state index is 0.0607. The van der Waals surface area contributed by atoms with Crippen LogP contribution in [0.5, 0.6) is 5.75 Å². The smallest absolute Gasteiger partial charge is 0.252 e. The zero-order chi connectivity index (χ0) is 13.0. The lowest BCUT2D eigenvalue weighted by Crippen LogP contribution is -2.45. The van der Waals surface area contributed by atoms with Crippen molar-refractivity contribution in [2.24, 2.45) is 0 Å². The monoisotopic (exact) mass is 312 g/mol. The molecule has 1 heterocycles. The highest BCUT2D eigenvalue weighted by molar-refractivity contribution is 9.10. The summed E-state index contributed by atoms with van der Waals surface area (Å²) in [5.41, 5.74) is 0.611. The summed E-state index contributed by atoms with van der Waals surface area (Å²) < 4.78 is 5.92. The van der Waals surface area contributed by atoms with E-state index in [4.69, 9.17) is 4.74 Å². The first-order valence-corrected chi connectivity index (χ1v) is 6.85. The Kier molecular flexibility index (Phi) is 4.60. The van der Waals surface area contributed by atoms with Gasteiger partial charge in [0.25, 0.3) is 5.91 Å². The molecule has 1 aromatic carbocycles. The molecule has 1 fully saturated rings. The number of benzene rings is 1. The van der Waals surface area contributed by atoms with Crippen molar-refractivity contribution in [3.8, 4) is 5.75 Å². The Bertz CT molecular complexity index is 431. The summed E-state index contributed by atoms with van der Waals surface area (Å²) in [7, 11) is 1.59. The van der Waals surface area contributed by atoms with Crippen molar-refractivity contribution in [3.05, 3.63) is 28.2 Å². The van der Waals surface area contributed by atoms with E-state index < -0.39 is 0 Å². The second-order valence-electron chi connectivity index (χ2n) is 4.36. The van der Waals surface area contributed by atoms with Crippen molar-refractivity contribution in [2.45, 2.75) is 18.9 Å². The van der Waals surface area contributed by atoms with Crippen LogP contribution < -0.4 is 15.4 Å². The summed E-state index contributed by atoms with van der Waals surface area (Å²) in [5, 5.41) is 6.32. The Morgan fingerprint density at radius 2 is 2.39 bits per heavy atom. The molecule has 0 aromatic heterocycles. The molecule has 1 aromatic rings. The third-order valence-electron chi connectivity index (χ3n) is 3.05. The van der Waals surface area contributed by atoms with Gasteiger partial charge in [0.2, 0.25) is 0 Å². The standard InChI is InChI=1S/C13H17BrN2O2/c1-18-10-4-5-12(14)11(7-10)13(17)16-9-3-2-6-15-8-9/h4-5,7,9,15H,2-3,6,8H2,1H3,(H,16,17)/t9-/m1/s1. The van der Waals surface area contributed by atoms with E-state index in [1.165, 1.54) is 0 Å². The normalized spacial score (nSPS) is 19.3. The van der Waals surface area contributed by atoms with Gasteiger partial charge in [0.15, 0.2) is 0 Å². The molecule has 1 saturated heterocycles. The second kappa shape index (κ2) is 6.20. The van der Waals surface area contributed by atoms with Gasteiger partial charge < -0.3 is 15.4 Å². The van der Waals surface area contributed by atoms with Gasteiger partial charge in [0.1, 0.15) is 5.75 Å². The van der Waals surface area contributed by atoms with Crippen LogP contribution >= 0.6 is 15.9 Å².